The van der Waals surface area contributed by atoms with Crippen LogP contribution in [-0.2, 0) is 27.4 Å². The van der Waals surface area contributed by atoms with Gasteiger partial charge in [0.15, 0.2) is 12.6 Å². The Balaban J connectivity index is 1.40. The van der Waals surface area contributed by atoms with Gasteiger partial charge in [-0.05, 0) is 73.8 Å². The normalized spacial score (nSPS) is 18.3. The smallest absolute Gasteiger partial charge is 0.410 e. The van der Waals surface area contributed by atoms with E-state index < -0.39 is 25.3 Å². The Hall–Kier alpha value is -4.31. The summed E-state index contributed by atoms with van der Waals surface area (Å²) in [6, 6.07) is 6.46. The van der Waals surface area contributed by atoms with Gasteiger partial charge in [-0.15, -0.1) is 5.54 Å². The van der Waals surface area contributed by atoms with Crippen LogP contribution >= 0.6 is 0 Å². The molecule has 7 rings (SSSR count). The molecule has 1 amide bonds. The second kappa shape index (κ2) is 15.2. The first-order valence-electron chi connectivity index (χ1n) is 19.8. The van der Waals surface area contributed by atoms with Crippen LogP contribution in [0.25, 0.3) is 32.8 Å². The summed E-state index contributed by atoms with van der Waals surface area (Å²) >= 11 is 0. The standard InChI is InChI=1S/C44H54F2N4O5Si/c1-25(2)56(26(3)4,27(5)6)16-15-32-36(45)14-11-28-17-31(54-24-52-10)18-33(38(28)32)41-40(46)39-34(19-47-41)42(48-37-23-53-22-35(37)39)49-20-29-12-13-30(21-49)50(29)43(51)55-44(7,8)9/h11,14,17-19,25-27,29-30H,12-13,20-24H2,1-10H3. The van der Waals surface area contributed by atoms with Crippen molar-refractivity contribution in [3.8, 4) is 28.5 Å². The van der Waals surface area contributed by atoms with Crippen LogP contribution in [0.2, 0.25) is 16.6 Å². The number of halogens is 2. The van der Waals surface area contributed by atoms with Crippen LogP contribution in [0.4, 0.5) is 19.4 Å². The lowest BCUT2D eigenvalue weighted by molar-refractivity contribution is 0.0123. The molecule has 2 fully saturated rings. The monoisotopic (exact) mass is 784 g/mol. The number of ether oxygens (including phenoxy) is 4. The number of rotatable bonds is 8. The van der Waals surface area contributed by atoms with E-state index in [1.807, 2.05) is 25.7 Å². The average molecular weight is 785 g/mol. The lowest BCUT2D eigenvalue weighted by Crippen LogP contribution is -2.57. The first-order valence-corrected chi connectivity index (χ1v) is 22.0. The van der Waals surface area contributed by atoms with Gasteiger partial charge in [0.2, 0.25) is 0 Å². The van der Waals surface area contributed by atoms with E-state index in [0.29, 0.717) is 79.6 Å². The minimum absolute atomic E-state index is 0.0270. The van der Waals surface area contributed by atoms with E-state index in [1.165, 1.54) is 13.2 Å². The van der Waals surface area contributed by atoms with Crippen molar-refractivity contribution >= 4 is 41.5 Å². The third kappa shape index (κ3) is 7.00. The van der Waals surface area contributed by atoms with Gasteiger partial charge in [-0.2, -0.15) is 0 Å². The Bertz CT molecular complexity index is 2210. The van der Waals surface area contributed by atoms with Crippen LogP contribution in [0, 0.1) is 23.1 Å². The Morgan fingerprint density at radius 1 is 1.00 bits per heavy atom. The fourth-order valence-corrected chi connectivity index (χ4v) is 14.7. The number of anilines is 1. The van der Waals surface area contributed by atoms with Crippen molar-refractivity contribution in [2.75, 3.05) is 31.9 Å². The van der Waals surface area contributed by atoms with Crippen LogP contribution in [0.3, 0.4) is 0 Å². The average Bonchev–Trinajstić information content (AvgIpc) is 3.71. The fourth-order valence-electron chi connectivity index (χ4n) is 9.53. The SMILES string of the molecule is COCOc1cc(-c2ncc3c(N4CC5CCC(C4)N5C(=O)OC(C)(C)C)nc4c(c3c2F)COC4)c2c(C#C[Si](C(C)C)(C(C)C)C(C)C)c(F)ccc2c1. The minimum atomic E-state index is -2.27. The molecule has 2 unspecified atom stereocenters. The highest BCUT2D eigenvalue weighted by atomic mass is 28.3. The van der Waals surface area contributed by atoms with E-state index in [9.17, 15) is 4.79 Å². The van der Waals surface area contributed by atoms with E-state index in [0.717, 1.165) is 12.8 Å². The third-order valence-electron chi connectivity index (χ3n) is 11.9. The van der Waals surface area contributed by atoms with E-state index in [4.69, 9.17) is 28.9 Å². The molecule has 2 bridgehead atoms. The number of hydrogen-bond donors (Lipinski definition) is 0. The van der Waals surface area contributed by atoms with Gasteiger partial charge >= 0.3 is 6.09 Å². The summed E-state index contributed by atoms with van der Waals surface area (Å²) in [5, 5.41) is 2.06. The molecule has 9 nitrogen and oxygen atoms in total. The van der Waals surface area contributed by atoms with Gasteiger partial charge in [-0.1, -0.05) is 53.5 Å². The molecule has 0 N–H and O–H groups in total. The second-order valence-electron chi connectivity index (χ2n) is 17.4. The Morgan fingerprint density at radius 2 is 1.68 bits per heavy atom. The van der Waals surface area contributed by atoms with Gasteiger partial charge in [0.25, 0.3) is 0 Å². The number of benzene rings is 2. The van der Waals surface area contributed by atoms with Crippen LogP contribution in [0.1, 0.15) is 92.0 Å². The van der Waals surface area contributed by atoms with Crippen LogP contribution < -0.4 is 9.64 Å². The number of pyridine rings is 2. The minimum Gasteiger partial charge on any atom is -0.468 e. The molecule has 0 saturated carbocycles. The van der Waals surface area contributed by atoms with Gasteiger partial charge in [0, 0.05) is 53.7 Å². The van der Waals surface area contributed by atoms with Gasteiger partial charge in [0.1, 0.15) is 36.8 Å². The van der Waals surface area contributed by atoms with E-state index >= 15 is 8.78 Å². The summed E-state index contributed by atoms with van der Waals surface area (Å²) in [7, 11) is -0.739. The molecule has 5 heterocycles. The molecule has 2 saturated heterocycles. The second-order valence-corrected chi connectivity index (χ2v) is 23.0. The molecule has 298 valence electrons. The number of methoxy groups -OCH3 is 1. The maximum absolute atomic E-state index is 17.7. The zero-order valence-electron chi connectivity index (χ0n) is 34.3. The van der Waals surface area contributed by atoms with Gasteiger partial charge in [-0.25, -0.2) is 18.6 Å². The Kier molecular flexibility index (Phi) is 10.8. The maximum atomic E-state index is 17.7. The molecule has 0 aliphatic carbocycles. The first-order chi connectivity index (χ1) is 26.5. The number of nitrogens with zero attached hydrogens (tertiary/aromatic N) is 4. The summed E-state index contributed by atoms with van der Waals surface area (Å²) in [6.07, 6.45) is 3.05. The first kappa shape index (κ1) is 39.9. The van der Waals surface area contributed by atoms with Crippen molar-refractivity contribution in [1.82, 2.24) is 14.9 Å². The van der Waals surface area contributed by atoms with Crippen molar-refractivity contribution < 1.29 is 32.5 Å². The predicted molar refractivity (Wildman–Crippen MR) is 218 cm³/mol. The van der Waals surface area contributed by atoms with Crippen LogP contribution in [0.15, 0.2) is 30.5 Å². The molecular formula is C44H54F2N4O5Si. The molecule has 2 atom stereocenters. The molecule has 12 heteroatoms. The highest BCUT2D eigenvalue weighted by molar-refractivity contribution is 6.90. The largest absolute Gasteiger partial charge is 0.468 e. The van der Waals surface area contributed by atoms with E-state index in [2.05, 4.69) is 57.9 Å². The fraction of sp³-hybridized carbons (Fsp3) is 0.523. The molecule has 3 aliphatic heterocycles. The molecule has 0 spiro atoms. The van der Waals surface area contributed by atoms with Crippen LogP contribution in [0.5, 0.6) is 5.75 Å². The molecule has 2 aromatic carbocycles. The van der Waals surface area contributed by atoms with Gasteiger partial charge in [-0.3, -0.25) is 9.88 Å². The number of fused-ring (bicyclic) bond motifs is 6. The number of aromatic nitrogens is 2. The van der Waals surface area contributed by atoms with Crippen molar-refractivity contribution in [2.24, 2.45) is 0 Å². The number of carbonyl (C=O) groups is 1. The Labute approximate surface area is 330 Å². The highest BCUT2D eigenvalue weighted by Crippen LogP contribution is 2.44. The van der Waals surface area contributed by atoms with E-state index in [1.54, 1.807) is 24.4 Å². The predicted octanol–water partition coefficient (Wildman–Crippen LogP) is 9.90. The van der Waals surface area contributed by atoms with E-state index in [-0.39, 0.29) is 49.4 Å². The third-order valence-corrected chi connectivity index (χ3v) is 18.2. The summed E-state index contributed by atoms with van der Waals surface area (Å²) in [6.45, 7) is 20.4. The maximum Gasteiger partial charge on any atom is 0.410 e. The summed E-state index contributed by atoms with van der Waals surface area (Å²) in [5.41, 5.74) is 6.08. The lowest BCUT2D eigenvalue weighted by atomic mass is 9.94. The zero-order chi connectivity index (χ0) is 40.3. The van der Waals surface area contributed by atoms with Gasteiger partial charge < -0.3 is 23.8 Å². The van der Waals surface area contributed by atoms with Crippen molar-refractivity contribution in [3.05, 3.63) is 58.9 Å². The molecule has 2 aromatic heterocycles. The summed E-state index contributed by atoms with van der Waals surface area (Å²) in [4.78, 5) is 27.1. The lowest BCUT2D eigenvalue weighted by Gasteiger charge is -2.42. The van der Waals surface area contributed by atoms with Crippen molar-refractivity contribution in [3.63, 3.8) is 0 Å². The van der Waals surface area contributed by atoms with Crippen molar-refractivity contribution in [1.29, 1.82) is 0 Å². The number of piperazine rings is 1. The van der Waals surface area contributed by atoms with Crippen LogP contribution in [-0.4, -0.2) is 73.7 Å². The number of amides is 1. The molecule has 56 heavy (non-hydrogen) atoms. The highest BCUT2D eigenvalue weighted by Gasteiger charge is 2.45. The molecular weight excluding hydrogens is 731 g/mol. The topological polar surface area (TPSA) is 86.3 Å². The molecule has 0 radical (unpaired) electrons. The van der Waals surface area contributed by atoms with Crippen molar-refractivity contribution in [2.45, 2.75) is 123 Å². The van der Waals surface area contributed by atoms with Gasteiger partial charge in [0.05, 0.1) is 36.6 Å². The summed E-state index contributed by atoms with van der Waals surface area (Å²) in [5.74, 6) is 3.37. The molecule has 3 aliphatic rings. The molecule has 4 aromatic rings. The zero-order valence-corrected chi connectivity index (χ0v) is 35.3. The number of hydrogen-bond acceptors (Lipinski definition) is 8. The number of carbonyl (C=O) groups excluding carboxylic acids is 1. The Morgan fingerprint density at radius 3 is 2.30 bits per heavy atom. The summed E-state index contributed by atoms with van der Waals surface area (Å²) < 4.78 is 56.6. The quantitative estimate of drug-likeness (QED) is 0.0992.